The number of fused-ring (bicyclic) bond motifs is 6. The van der Waals surface area contributed by atoms with E-state index >= 15 is 0 Å². The molecule has 268 valence electrons. The second kappa shape index (κ2) is 13.0. The van der Waals surface area contributed by atoms with Crippen LogP contribution in [0.15, 0.2) is 194 Å². The molecule has 2 nitrogen and oxygen atoms in total. The Labute approximate surface area is 332 Å². The van der Waals surface area contributed by atoms with E-state index in [1.807, 2.05) is 0 Å². The van der Waals surface area contributed by atoms with E-state index in [2.05, 4.69) is 208 Å². The summed E-state index contributed by atoms with van der Waals surface area (Å²) >= 11 is 0. The van der Waals surface area contributed by atoms with Crippen LogP contribution in [0, 0.1) is 0 Å². The number of hydrogen-bond donors (Lipinski definition) is 0. The van der Waals surface area contributed by atoms with Crippen LogP contribution < -0.4 is 0 Å². The highest BCUT2D eigenvalue weighted by Gasteiger charge is 2.35. The van der Waals surface area contributed by atoms with E-state index in [4.69, 9.17) is 9.97 Å². The molecule has 0 bridgehead atoms. The van der Waals surface area contributed by atoms with Gasteiger partial charge in [0.2, 0.25) is 0 Å². The molecule has 2 heteroatoms. The van der Waals surface area contributed by atoms with Gasteiger partial charge in [0.25, 0.3) is 0 Å². The van der Waals surface area contributed by atoms with Gasteiger partial charge in [0.05, 0.1) is 11.4 Å². The maximum Gasteiger partial charge on any atom is 0.161 e. The van der Waals surface area contributed by atoms with Crippen molar-refractivity contribution in [3.63, 3.8) is 0 Å². The van der Waals surface area contributed by atoms with E-state index in [1.165, 1.54) is 66.1 Å². The SMILES string of the molecule is CC1(C)c2ccccc2-c2cc(-c3cccc(-c4ccc(-c5cc(-c6cccc7ccccc67)nc(-c6cccc7ccccc67)n5)c5ccccc45)c3)ccc21. The Kier molecular flexibility index (Phi) is 7.55. The first-order valence-corrected chi connectivity index (χ1v) is 19.7. The van der Waals surface area contributed by atoms with Crippen molar-refractivity contribution >= 4 is 32.3 Å². The molecule has 0 saturated heterocycles. The zero-order chi connectivity index (χ0) is 38.1. The summed E-state index contributed by atoms with van der Waals surface area (Å²) in [6.07, 6.45) is 0. The van der Waals surface area contributed by atoms with Crippen molar-refractivity contribution in [2.45, 2.75) is 19.3 Å². The van der Waals surface area contributed by atoms with Crippen LogP contribution in [0.5, 0.6) is 0 Å². The molecule has 9 aromatic carbocycles. The summed E-state index contributed by atoms with van der Waals surface area (Å²) < 4.78 is 0. The van der Waals surface area contributed by atoms with Gasteiger partial charge < -0.3 is 0 Å². The van der Waals surface area contributed by atoms with Crippen molar-refractivity contribution in [2.75, 3.05) is 0 Å². The predicted molar refractivity (Wildman–Crippen MR) is 239 cm³/mol. The summed E-state index contributed by atoms with van der Waals surface area (Å²) in [7, 11) is 0. The molecule has 11 rings (SSSR count). The van der Waals surface area contributed by atoms with Gasteiger partial charge in [-0.1, -0.05) is 190 Å². The Bertz CT molecular complexity index is 3120. The van der Waals surface area contributed by atoms with Gasteiger partial charge in [0.1, 0.15) is 0 Å². The van der Waals surface area contributed by atoms with Crippen LogP contribution in [-0.2, 0) is 5.41 Å². The molecule has 0 spiro atoms. The monoisotopic (exact) mass is 726 g/mol. The molecule has 0 fully saturated rings. The minimum Gasteiger partial charge on any atom is -0.228 e. The summed E-state index contributed by atoms with van der Waals surface area (Å²) in [4.78, 5) is 10.7. The Morgan fingerprint density at radius 3 is 1.56 bits per heavy atom. The lowest BCUT2D eigenvalue weighted by atomic mass is 9.82. The van der Waals surface area contributed by atoms with Crippen LogP contribution in [0.1, 0.15) is 25.0 Å². The fourth-order valence-corrected chi connectivity index (χ4v) is 9.25. The topological polar surface area (TPSA) is 25.8 Å². The van der Waals surface area contributed by atoms with Crippen LogP contribution in [0.2, 0.25) is 0 Å². The molecule has 0 aliphatic heterocycles. The van der Waals surface area contributed by atoms with Crippen LogP contribution in [-0.4, -0.2) is 9.97 Å². The minimum atomic E-state index is -0.0120. The maximum atomic E-state index is 5.38. The quantitative estimate of drug-likeness (QED) is 0.176. The molecule has 0 saturated carbocycles. The average Bonchev–Trinajstić information content (AvgIpc) is 3.50. The van der Waals surface area contributed by atoms with E-state index in [1.54, 1.807) is 0 Å². The molecule has 0 amide bonds. The van der Waals surface area contributed by atoms with E-state index in [-0.39, 0.29) is 5.41 Å². The third-order valence-corrected chi connectivity index (χ3v) is 12.1. The minimum absolute atomic E-state index is 0.0120. The number of aromatic nitrogens is 2. The van der Waals surface area contributed by atoms with E-state index in [9.17, 15) is 0 Å². The zero-order valence-corrected chi connectivity index (χ0v) is 31.9. The molecule has 10 aromatic rings. The molecular weight excluding hydrogens is 689 g/mol. The Balaban J connectivity index is 1.07. The van der Waals surface area contributed by atoms with Crippen LogP contribution in [0.3, 0.4) is 0 Å². The van der Waals surface area contributed by atoms with Crippen LogP contribution in [0.25, 0.3) is 99.6 Å². The lowest BCUT2D eigenvalue weighted by Crippen LogP contribution is -2.14. The fraction of sp³-hybridized carbons (Fsp3) is 0.0545. The Morgan fingerprint density at radius 2 is 0.807 bits per heavy atom. The Morgan fingerprint density at radius 1 is 0.316 bits per heavy atom. The van der Waals surface area contributed by atoms with Gasteiger partial charge in [0.15, 0.2) is 5.82 Å². The Hall–Kier alpha value is -7.16. The standard InChI is InChI=1S/C55H38N2/c1-55(2)50-27-10-9-24-45(50)49-33-38(28-31-51(49)55)37-18-11-19-39(32-37)42-29-30-47(44-23-8-7-22-43(42)44)53-34-52(46-25-12-16-35-14-3-5-20-40(35)46)56-54(57-53)48-26-13-17-36-15-4-6-21-41(36)48/h3-34H,1-2H3. The summed E-state index contributed by atoms with van der Waals surface area (Å²) in [5, 5.41) is 7.01. The average molecular weight is 727 g/mol. The first kappa shape index (κ1) is 33.2. The summed E-state index contributed by atoms with van der Waals surface area (Å²) in [5.41, 5.74) is 15.3. The third-order valence-electron chi connectivity index (χ3n) is 12.1. The second-order valence-electron chi connectivity index (χ2n) is 15.7. The first-order valence-electron chi connectivity index (χ1n) is 19.7. The molecule has 57 heavy (non-hydrogen) atoms. The molecule has 1 heterocycles. The molecule has 1 aliphatic rings. The number of rotatable bonds is 5. The lowest BCUT2D eigenvalue weighted by Gasteiger charge is -2.21. The summed E-state index contributed by atoms with van der Waals surface area (Å²) in [5.74, 6) is 0.716. The number of nitrogens with zero attached hydrogens (tertiary/aromatic N) is 2. The molecule has 0 unspecified atom stereocenters. The lowest BCUT2D eigenvalue weighted by molar-refractivity contribution is 0.660. The molecule has 1 aliphatic carbocycles. The van der Waals surface area contributed by atoms with Crippen LogP contribution in [0.4, 0.5) is 0 Å². The van der Waals surface area contributed by atoms with E-state index in [0.717, 1.165) is 38.9 Å². The first-order chi connectivity index (χ1) is 28.0. The van der Waals surface area contributed by atoms with Crippen molar-refractivity contribution < 1.29 is 0 Å². The van der Waals surface area contributed by atoms with Gasteiger partial charge in [-0.2, -0.15) is 0 Å². The highest BCUT2D eigenvalue weighted by Crippen LogP contribution is 2.49. The highest BCUT2D eigenvalue weighted by atomic mass is 14.9. The number of benzene rings is 9. The smallest absolute Gasteiger partial charge is 0.161 e. The van der Waals surface area contributed by atoms with Crippen LogP contribution >= 0.6 is 0 Å². The van der Waals surface area contributed by atoms with E-state index < -0.39 is 0 Å². The van der Waals surface area contributed by atoms with Crippen molar-refractivity contribution in [2.24, 2.45) is 0 Å². The predicted octanol–water partition coefficient (Wildman–Crippen LogP) is 14.6. The summed E-state index contributed by atoms with van der Waals surface area (Å²) in [6, 6.07) is 70.2. The fourth-order valence-electron chi connectivity index (χ4n) is 9.25. The number of hydrogen-bond acceptors (Lipinski definition) is 2. The summed E-state index contributed by atoms with van der Waals surface area (Å²) in [6.45, 7) is 4.67. The van der Waals surface area contributed by atoms with Crippen molar-refractivity contribution in [1.29, 1.82) is 0 Å². The zero-order valence-electron chi connectivity index (χ0n) is 31.9. The largest absolute Gasteiger partial charge is 0.228 e. The molecule has 0 atom stereocenters. The maximum absolute atomic E-state index is 5.38. The molecule has 1 aromatic heterocycles. The highest BCUT2D eigenvalue weighted by molar-refractivity contribution is 6.06. The molecule has 0 N–H and O–H groups in total. The van der Waals surface area contributed by atoms with Gasteiger partial charge in [-0.3, -0.25) is 0 Å². The van der Waals surface area contributed by atoms with Gasteiger partial charge >= 0.3 is 0 Å². The van der Waals surface area contributed by atoms with E-state index in [0.29, 0.717) is 5.82 Å². The van der Waals surface area contributed by atoms with Gasteiger partial charge in [-0.25, -0.2) is 9.97 Å². The molecular formula is C55H38N2. The van der Waals surface area contributed by atoms with Crippen molar-refractivity contribution in [3.8, 4) is 67.3 Å². The normalized spacial score (nSPS) is 12.9. The van der Waals surface area contributed by atoms with Crippen molar-refractivity contribution in [3.05, 3.63) is 205 Å². The van der Waals surface area contributed by atoms with Crippen molar-refractivity contribution in [1.82, 2.24) is 9.97 Å². The van der Waals surface area contributed by atoms with Gasteiger partial charge in [-0.05, 0) is 95.0 Å². The second-order valence-corrected chi connectivity index (χ2v) is 15.7. The third kappa shape index (κ3) is 5.40. The van der Waals surface area contributed by atoms with Gasteiger partial charge in [0, 0.05) is 22.1 Å². The molecule has 0 radical (unpaired) electrons. The van der Waals surface area contributed by atoms with Gasteiger partial charge in [-0.15, -0.1) is 0 Å².